The van der Waals surface area contributed by atoms with E-state index in [9.17, 15) is 18.7 Å². The number of halogens is 2. The van der Waals surface area contributed by atoms with E-state index >= 15 is 0 Å². The highest BCUT2D eigenvalue weighted by Crippen LogP contribution is 2.42. The van der Waals surface area contributed by atoms with Crippen LogP contribution in [0.3, 0.4) is 0 Å². The van der Waals surface area contributed by atoms with Gasteiger partial charge in [-0.15, -0.1) is 0 Å². The highest BCUT2D eigenvalue weighted by atomic mass is 19.1. The van der Waals surface area contributed by atoms with E-state index in [1.807, 2.05) is 24.3 Å². The van der Waals surface area contributed by atoms with Gasteiger partial charge in [-0.05, 0) is 49.2 Å². The molecule has 0 aliphatic carbocycles. The molecule has 2 aliphatic heterocycles. The molecule has 8 heteroatoms. The van der Waals surface area contributed by atoms with Crippen molar-refractivity contribution in [1.82, 2.24) is 9.80 Å². The molecule has 2 fully saturated rings. The van der Waals surface area contributed by atoms with E-state index in [2.05, 4.69) is 22.1 Å². The molecule has 2 heterocycles. The van der Waals surface area contributed by atoms with E-state index in [-0.39, 0.29) is 30.3 Å². The first-order valence-electron chi connectivity index (χ1n) is 11.5. The van der Waals surface area contributed by atoms with Crippen LogP contribution in [0.25, 0.3) is 0 Å². The molecular formula is C26H29F2N3O3. The van der Waals surface area contributed by atoms with Crippen molar-refractivity contribution in [2.45, 2.75) is 30.8 Å². The topological polar surface area (TPSA) is 65.0 Å². The molecule has 2 saturated heterocycles. The summed E-state index contributed by atoms with van der Waals surface area (Å²) in [5.41, 5.74) is 1.79. The van der Waals surface area contributed by atoms with Crippen molar-refractivity contribution in [3.63, 3.8) is 0 Å². The van der Waals surface area contributed by atoms with E-state index in [0.29, 0.717) is 19.7 Å². The lowest BCUT2D eigenvalue weighted by Crippen LogP contribution is -2.68. The number of benzene rings is 2. The molecule has 0 aromatic heterocycles. The number of ether oxygens (including phenoxy) is 1. The molecule has 2 amide bonds. The number of aliphatic hydroxyl groups is 1. The molecule has 34 heavy (non-hydrogen) atoms. The number of methoxy groups -OCH3 is 1. The average molecular weight is 470 g/mol. The lowest BCUT2D eigenvalue weighted by Gasteiger charge is -2.57. The Kier molecular flexibility index (Phi) is 7.78. The van der Waals surface area contributed by atoms with Gasteiger partial charge in [-0.2, -0.15) is 0 Å². The van der Waals surface area contributed by atoms with Gasteiger partial charge in [-0.1, -0.05) is 24.0 Å². The van der Waals surface area contributed by atoms with Crippen molar-refractivity contribution in [3.05, 3.63) is 65.2 Å². The Bertz CT molecular complexity index is 1070. The van der Waals surface area contributed by atoms with Crippen LogP contribution < -0.4 is 5.32 Å². The zero-order chi connectivity index (χ0) is 24.1. The zero-order valence-corrected chi connectivity index (χ0v) is 19.1. The Balaban J connectivity index is 1.51. The number of fused-ring (bicyclic) bond motifs is 1. The predicted octanol–water partition coefficient (Wildman–Crippen LogP) is 3.42. The molecule has 4 rings (SSSR count). The van der Waals surface area contributed by atoms with Crippen LogP contribution in [0.4, 0.5) is 19.3 Å². The van der Waals surface area contributed by atoms with Crippen molar-refractivity contribution in [2.75, 3.05) is 45.3 Å². The number of carbonyl (C=O) groups excluding carboxylic acids is 1. The normalized spacial score (nSPS) is 22.5. The van der Waals surface area contributed by atoms with Crippen molar-refractivity contribution in [1.29, 1.82) is 0 Å². The van der Waals surface area contributed by atoms with E-state index in [4.69, 9.17) is 4.74 Å². The summed E-state index contributed by atoms with van der Waals surface area (Å²) in [5, 5.41) is 12.6. The number of anilines is 1. The number of carbonyl (C=O) groups is 1. The molecule has 0 unspecified atom stereocenters. The van der Waals surface area contributed by atoms with Crippen LogP contribution >= 0.6 is 0 Å². The number of aliphatic hydroxyl groups excluding tert-OH is 1. The maximum Gasteiger partial charge on any atom is 0.321 e. The van der Waals surface area contributed by atoms with Crippen molar-refractivity contribution < 1.29 is 23.4 Å². The average Bonchev–Trinajstić information content (AvgIpc) is 2.81. The predicted molar refractivity (Wildman–Crippen MR) is 125 cm³/mol. The standard InChI is InChI=1S/C26H29F2N3O3/c1-34-14-4-5-18-6-8-19(9-7-18)25-23-16-30(12-2-3-13-31(23)24(25)17-32)26(33)29-22-15-20(27)10-11-21(22)28/h6-11,15,23-25,32H,2-3,12-14,16-17H2,1H3,(H,29,33)/t23-,24-,25+/m1/s1. The number of hydrogen-bond donors (Lipinski definition) is 2. The van der Waals surface area contributed by atoms with Gasteiger partial charge in [0.05, 0.1) is 12.3 Å². The number of nitrogens with one attached hydrogen (secondary N) is 1. The molecule has 0 spiro atoms. The van der Waals surface area contributed by atoms with Gasteiger partial charge in [-0.25, -0.2) is 13.6 Å². The summed E-state index contributed by atoms with van der Waals surface area (Å²) in [6.07, 6.45) is 1.67. The maximum absolute atomic E-state index is 14.1. The third-order valence-electron chi connectivity index (χ3n) is 6.57. The van der Waals surface area contributed by atoms with Crippen molar-refractivity contribution >= 4 is 11.7 Å². The van der Waals surface area contributed by atoms with Gasteiger partial charge in [0.15, 0.2) is 0 Å². The molecule has 2 aromatic rings. The highest BCUT2D eigenvalue weighted by molar-refractivity contribution is 5.89. The lowest BCUT2D eigenvalue weighted by molar-refractivity contribution is -0.0585. The first-order chi connectivity index (χ1) is 16.5. The Morgan fingerprint density at radius 1 is 1.18 bits per heavy atom. The molecule has 2 aliphatic rings. The Labute approximate surface area is 198 Å². The van der Waals surface area contributed by atoms with Gasteiger partial charge in [0.1, 0.15) is 18.2 Å². The molecule has 0 saturated carbocycles. The second-order valence-electron chi connectivity index (χ2n) is 8.65. The maximum atomic E-state index is 14.1. The summed E-state index contributed by atoms with van der Waals surface area (Å²) in [5.74, 6) is 4.73. The largest absolute Gasteiger partial charge is 0.395 e. The zero-order valence-electron chi connectivity index (χ0n) is 19.1. The SMILES string of the molecule is COCC#Cc1ccc([C@@H]2[C@@H](CO)N3CCCCN(C(=O)Nc4cc(F)ccc4F)C[C@H]23)cc1. The third kappa shape index (κ3) is 5.22. The monoisotopic (exact) mass is 469 g/mol. The molecule has 2 aromatic carbocycles. The molecule has 0 bridgehead atoms. The van der Waals surface area contributed by atoms with Crippen LogP contribution in [0.1, 0.15) is 29.9 Å². The number of nitrogens with zero attached hydrogens (tertiary/aromatic N) is 2. The molecule has 6 nitrogen and oxygen atoms in total. The van der Waals surface area contributed by atoms with E-state index in [1.165, 1.54) is 0 Å². The molecule has 2 N–H and O–H groups in total. The summed E-state index contributed by atoms with van der Waals surface area (Å²) in [7, 11) is 1.60. The minimum atomic E-state index is -0.682. The summed E-state index contributed by atoms with van der Waals surface area (Å²) in [6, 6.07) is 10.5. The summed E-state index contributed by atoms with van der Waals surface area (Å²) < 4.78 is 32.5. The quantitative estimate of drug-likeness (QED) is 0.674. The van der Waals surface area contributed by atoms with E-state index < -0.39 is 17.7 Å². The first-order valence-corrected chi connectivity index (χ1v) is 11.5. The number of hydrogen-bond acceptors (Lipinski definition) is 4. The summed E-state index contributed by atoms with van der Waals surface area (Å²) in [6.45, 7) is 2.20. The highest BCUT2D eigenvalue weighted by Gasteiger charge is 2.49. The number of amides is 2. The number of rotatable bonds is 4. The first kappa shape index (κ1) is 24.1. The molecular weight excluding hydrogens is 440 g/mol. The van der Waals surface area contributed by atoms with E-state index in [0.717, 1.165) is 48.7 Å². The van der Waals surface area contributed by atoms with Crippen LogP contribution in [0.2, 0.25) is 0 Å². The fraction of sp³-hybridized carbons (Fsp3) is 0.423. The van der Waals surface area contributed by atoms with Crippen LogP contribution in [-0.2, 0) is 4.74 Å². The molecule has 3 atom stereocenters. The Morgan fingerprint density at radius 3 is 2.68 bits per heavy atom. The van der Waals surface area contributed by atoms with Gasteiger partial charge in [-0.3, -0.25) is 4.90 Å². The third-order valence-corrected chi connectivity index (χ3v) is 6.57. The minimum absolute atomic E-state index is 0.0194. The number of urea groups is 1. The minimum Gasteiger partial charge on any atom is -0.395 e. The Morgan fingerprint density at radius 2 is 1.94 bits per heavy atom. The molecule has 180 valence electrons. The van der Waals surface area contributed by atoms with E-state index in [1.54, 1.807) is 12.0 Å². The second kappa shape index (κ2) is 11.0. The molecule has 0 radical (unpaired) electrons. The van der Waals surface area contributed by atoms with Crippen LogP contribution in [0.5, 0.6) is 0 Å². The fourth-order valence-electron chi connectivity index (χ4n) is 4.91. The van der Waals surface area contributed by atoms with Crippen molar-refractivity contribution in [2.24, 2.45) is 0 Å². The smallest absolute Gasteiger partial charge is 0.321 e. The summed E-state index contributed by atoms with van der Waals surface area (Å²) >= 11 is 0. The van der Waals surface area contributed by atoms with Gasteiger partial charge in [0.2, 0.25) is 0 Å². The fourth-order valence-corrected chi connectivity index (χ4v) is 4.91. The van der Waals surface area contributed by atoms with Gasteiger partial charge in [0, 0.05) is 49.8 Å². The second-order valence-corrected chi connectivity index (χ2v) is 8.65. The van der Waals surface area contributed by atoms with Crippen LogP contribution in [0.15, 0.2) is 42.5 Å². The van der Waals surface area contributed by atoms with Crippen LogP contribution in [0, 0.1) is 23.5 Å². The van der Waals surface area contributed by atoms with Gasteiger partial charge < -0.3 is 20.1 Å². The lowest BCUT2D eigenvalue weighted by atomic mass is 9.74. The van der Waals surface area contributed by atoms with Gasteiger partial charge in [0.25, 0.3) is 0 Å². The Hall–Kier alpha value is -2.99. The summed E-state index contributed by atoms with van der Waals surface area (Å²) in [4.78, 5) is 16.9. The van der Waals surface area contributed by atoms with Crippen molar-refractivity contribution in [3.8, 4) is 11.8 Å². The van der Waals surface area contributed by atoms with Crippen LogP contribution in [-0.4, -0.2) is 73.0 Å². The van der Waals surface area contributed by atoms with Gasteiger partial charge >= 0.3 is 6.03 Å².